The van der Waals surface area contributed by atoms with E-state index in [2.05, 4.69) is 17.2 Å². The molecule has 0 saturated heterocycles. The third-order valence-electron chi connectivity index (χ3n) is 3.92. The number of carbonyl (C=O) groups excluding carboxylic acids is 2. The number of rotatable bonds is 5. The predicted molar refractivity (Wildman–Crippen MR) is 81.6 cm³/mol. The number of thiazole rings is 1. The molecule has 6 heteroatoms. The van der Waals surface area contributed by atoms with Crippen LogP contribution in [0.4, 0.5) is 0 Å². The van der Waals surface area contributed by atoms with Crippen LogP contribution in [0.5, 0.6) is 0 Å². The minimum atomic E-state index is -0.471. The molecule has 1 N–H and O–H groups in total. The van der Waals surface area contributed by atoms with E-state index < -0.39 is 5.97 Å². The summed E-state index contributed by atoms with van der Waals surface area (Å²) in [5.74, 6) is -0.686. The molecule has 0 spiro atoms. The number of nitrogens with one attached hydrogen (secondary N) is 1. The highest BCUT2D eigenvalue weighted by atomic mass is 32.1. The lowest BCUT2D eigenvalue weighted by Crippen LogP contribution is -2.37. The smallest absolute Gasteiger partial charge is 0.367 e. The number of carbonyl (C=O) groups is 2. The van der Waals surface area contributed by atoms with Gasteiger partial charge in [-0.1, -0.05) is 26.2 Å². The van der Waals surface area contributed by atoms with Crippen molar-refractivity contribution < 1.29 is 14.3 Å². The molecule has 1 aliphatic rings. The van der Waals surface area contributed by atoms with Crippen molar-refractivity contribution in [1.82, 2.24) is 10.3 Å². The molecule has 1 amide bonds. The number of amides is 1. The molecule has 1 fully saturated rings. The van der Waals surface area contributed by atoms with Gasteiger partial charge in [0.15, 0.2) is 0 Å². The molecular weight excluding hydrogens is 288 g/mol. The van der Waals surface area contributed by atoms with Gasteiger partial charge in [0.05, 0.1) is 6.61 Å². The number of hydrogen-bond acceptors (Lipinski definition) is 5. The van der Waals surface area contributed by atoms with E-state index in [1.165, 1.54) is 19.3 Å². The van der Waals surface area contributed by atoms with Crippen molar-refractivity contribution in [3.8, 4) is 0 Å². The van der Waals surface area contributed by atoms with Gasteiger partial charge >= 0.3 is 5.97 Å². The van der Waals surface area contributed by atoms with Gasteiger partial charge in [0.25, 0.3) is 5.91 Å². The summed E-state index contributed by atoms with van der Waals surface area (Å²) in [6, 6.07) is 0. The van der Waals surface area contributed by atoms with Gasteiger partial charge in [0.1, 0.15) is 5.69 Å². The predicted octanol–water partition coefficient (Wildman–Crippen LogP) is 3.02. The maximum Gasteiger partial charge on any atom is 0.367 e. The van der Waals surface area contributed by atoms with Crippen LogP contribution in [0, 0.1) is 5.41 Å². The molecule has 0 aromatic carbocycles. The van der Waals surface area contributed by atoms with Gasteiger partial charge in [0, 0.05) is 11.9 Å². The number of hydrogen-bond donors (Lipinski definition) is 1. The maximum atomic E-state index is 12.1. The van der Waals surface area contributed by atoms with Gasteiger partial charge in [-0.15, -0.1) is 11.3 Å². The molecule has 1 aromatic heterocycles. The van der Waals surface area contributed by atoms with Crippen molar-refractivity contribution in [2.75, 3.05) is 13.2 Å². The fourth-order valence-electron chi connectivity index (χ4n) is 2.63. The number of aromatic nitrogens is 1. The zero-order valence-corrected chi connectivity index (χ0v) is 13.4. The van der Waals surface area contributed by atoms with Gasteiger partial charge in [-0.05, 0) is 25.2 Å². The molecule has 0 aliphatic heterocycles. The topological polar surface area (TPSA) is 68.3 Å². The van der Waals surface area contributed by atoms with Gasteiger partial charge in [-0.3, -0.25) is 4.79 Å². The first-order valence-corrected chi connectivity index (χ1v) is 8.33. The van der Waals surface area contributed by atoms with Crippen LogP contribution in [0.3, 0.4) is 0 Å². The molecule has 5 nitrogen and oxygen atoms in total. The fourth-order valence-corrected chi connectivity index (χ4v) is 3.32. The zero-order chi connectivity index (χ0) is 15.3. The highest BCUT2D eigenvalue weighted by Crippen LogP contribution is 2.34. The summed E-state index contributed by atoms with van der Waals surface area (Å²) in [5, 5.41) is 4.78. The lowest BCUT2D eigenvalue weighted by atomic mass is 9.76. The normalized spacial score (nSPS) is 17.2. The van der Waals surface area contributed by atoms with Crippen LogP contribution < -0.4 is 5.32 Å². The Morgan fingerprint density at radius 1 is 1.38 bits per heavy atom. The zero-order valence-electron chi connectivity index (χ0n) is 12.6. The van der Waals surface area contributed by atoms with Gasteiger partial charge in [-0.2, -0.15) is 0 Å². The van der Waals surface area contributed by atoms with Gasteiger partial charge < -0.3 is 10.1 Å². The van der Waals surface area contributed by atoms with Crippen molar-refractivity contribution in [3.63, 3.8) is 0 Å². The van der Waals surface area contributed by atoms with E-state index in [1.807, 2.05) is 0 Å². The Morgan fingerprint density at radius 3 is 2.76 bits per heavy atom. The van der Waals surface area contributed by atoms with E-state index in [-0.39, 0.29) is 16.3 Å². The highest BCUT2D eigenvalue weighted by molar-refractivity contribution is 7.11. The van der Waals surface area contributed by atoms with Crippen LogP contribution in [0.25, 0.3) is 0 Å². The lowest BCUT2D eigenvalue weighted by Gasteiger charge is -2.33. The van der Waals surface area contributed by atoms with Crippen LogP contribution in [0.15, 0.2) is 5.38 Å². The summed E-state index contributed by atoms with van der Waals surface area (Å²) in [6.45, 7) is 4.93. The van der Waals surface area contributed by atoms with Crippen LogP contribution in [-0.2, 0) is 4.74 Å². The molecule has 0 bridgehead atoms. The monoisotopic (exact) mass is 310 g/mol. The number of ether oxygens (including phenoxy) is 1. The Labute approximate surface area is 129 Å². The molecule has 2 rings (SSSR count). The van der Waals surface area contributed by atoms with E-state index in [1.54, 1.807) is 12.3 Å². The number of nitrogens with zero attached hydrogens (tertiary/aromatic N) is 1. The Hall–Kier alpha value is -1.43. The summed E-state index contributed by atoms with van der Waals surface area (Å²) >= 11 is 1.14. The van der Waals surface area contributed by atoms with E-state index in [0.717, 1.165) is 24.2 Å². The minimum absolute atomic E-state index is 0.188. The van der Waals surface area contributed by atoms with Crippen LogP contribution in [0.1, 0.15) is 66.2 Å². The van der Waals surface area contributed by atoms with Crippen LogP contribution in [-0.4, -0.2) is 30.0 Å². The average molecular weight is 310 g/mol. The third-order valence-corrected chi connectivity index (χ3v) is 4.75. The Balaban J connectivity index is 1.90. The second kappa shape index (κ2) is 7.02. The van der Waals surface area contributed by atoms with Gasteiger partial charge in [-0.25, -0.2) is 9.78 Å². The molecule has 0 radical (unpaired) electrons. The van der Waals surface area contributed by atoms with Gasteiger partial charge in [0.2, 0.25) is 5.01 Å². The SMILES string of the molecule is CCOC(=O)c1nc(C(=O)NCC2(C)CCCCC2)cs1. The lowest BCUT2D eigenvalue weighted by molar-refractivity contribution is 0.0526. The Kier molecular flexibility index (Phi) is 5.33. The molecule has 116 valence electrons. The molecule has 1 saturated carbocycles. The summed E-state index contributed by atoms with van der Waals surface area (Å²) in [7, 11) is 0. The summed E-state index contributed by atoms with van der Waals surface area (Å²) < 4.78 is 4.87. The molecule has 21 heavy (non-hydrogen) atoms. The first-order chi connectivity index (χ1) is 10.0. The first kappa shape index (κ1) is 15.9. The second-order valence-corrected chi connectivity index (χ2v) is 6.67. The minimum Gasteiger partial charge on any atom is -0.461 e. The van der Waals surface area contributed by atoms with E-state index >= 15 is 0 Å². The summed E-state index contributed by atoms with van der Waals surface area (Å²) in [4.78, 5) is 27.7. The second-order valence-electron chi connectivity index (χ2n) is 5.81. The number of esters is 1. The molecule has 1 aromatic rings. The van der Waals surface area contributed by atoms with Crippen molar-refractivity contribution in [2.45, 2.75) is 46.0 Å². The van der Waals surface area contributed by atoms with E-state index in [9.17, 15) is 9.59 Å². The van der Waals surface area contributed by atoms with E-state index in [0.29, 0.717) is 18.8 Å². The van der Waals surface area contributed by atoms with Crippen LogP contribution in [0.2, 0.25) is 0 Å². The molecule has 1 aliphatic carbocycles. The van der Waals surface area contributed by atoms with Crippen molar-refractivity contribution in [3.05, 3.63) is 16.1 Å². The van der Waals surface area contributed by atoms with Crippen LogP contribution >= 0.6 is 11.3 Å². The Morgan fingerprint density at radius 2 is 2.10 bits per heavy atom. The molecule has 1 heterocycles. The van der Waals surface area contributed by atoms with Crippen molar-refractivity contribution >= 4 is 23.2 Å². The largest absolute Gasteiger partial charge is 0.461 e. The Bertz CT molecular complexity index is 507. The molecule has 0 unspecified atom stereocenters. The average Bonchev–Trinajstić information content (AvgIpc) is 2.96. The maximum absolute atomic E-state index is 12.1. The quantitative estimate of drug-likeness (QED) is 0.849. The third kappa shape index (κ3) is 4.27. The highest BCUT2D eigenvalue weighted by Gasteiger charge is 2.27. The van der Waals surface area contributed by atoms with E-state index in [4.69, 9.17) is 4.74 Å². The van der Waals surface area contributed by atoms with Crippen molar-refractivity contribution in [2.24, 2.45) is 5.41 Å². The molecular formula is C15H22N2O3S. The first-order valence-electron chi connectivity index (χ1n) is 7.45. The van der Waals surface area contributed by atoms with Crippen molar-refractivity contribution in [1.29, 1.82) is 0 Å². The standard InChI is InChI=1S/C15H22N2O3S/c1-3-20-14(19)13-17-11(9-21-13)12(18)16-10-15(2)7-5-4-6-8-15/h9H,3-8,10H2,1-2H3,(H,16,18). The fraction of sp³-hybridized carbons (Fsp3) is 0.667. The summed E-state index contributed by atoms with van der Waals surface area (Å²) in [6.07, 6.45) is 6.06. The molecule has 0 atom stereocenters. The summed E-state index contributed by atoms with van der Waals surface area (Å²) in [5.41, 5.74) is 0.482.